The van der Waals surface area contributed by atoms with Gasteiger partial charge < -0.3 is 19.5 Å². The fourth-order valence-corrected chi connectivity index (χ4v) is 4.87. The first-order valence-corrected chi connectivity index (χ1v) is 11.5. The van der Waals surface area contributed by atoms with Crippen LogP contribution in [0, 0.1) is 17.2 Å². The lowest BCUT2D eigenvalue weighted by molar-refractivity contribution is 0.0338. The topological polar surface area (TPSA) is 98.6 Å². The van der Waals surface area contributed by atoms with Crippen molar-refractivity contribution in [2.45, 2.75) is 24.4 Å². The van der Waals surface area contributed by atoms with Crippen molar-refractivity contribution in [2.24, 2.45) is 5.92 Å². The number of nitrogens with zero attached hydrogens (tertiary/aromatic N) is 2. The minimum absolute atomic E-state index is 0.157. The molecule has 1 saturated carbocycles. The Hall–Kier alpha value is -3.60. The third-order valence-electron chi connectivity index (χ3n) is 6.32. The summed E-state index contributed by atoms with van der Waals surface area (Å²) in [5, 5.41) is 19.9. The summed E-state index contributed by atoms with van der Waals surface area (Å²) in [6.07, 6.45) is 0.970. The van der Waals surface area contributed by atoms with Crippen molar-refractivity contribution in [3.8, 4) is 17.8 Å². The molecular formula is C28H33N3O4. The van der Waals surface area contributed by atoms with Crippen LogP contribution in [0.15, 0.2) is 71.5 Å². The summed E-state index contributed by atoms with van der Waals surface area (Å²) >= 11 is 0. The summed E-state index contributed by atoms with van der Waals surface area (Å²) in [6.45, 7) is 0.832. The number of pyridine rings is 1. The number of aromatic nitrogens is 1. The zero-order valence-electron chi connectivity index (χ0n) is 20.7. The van der Waals surface area contributed by atoms with Crippen molar-refractivity contribution in [3.05, 3.63) is 93.6 Å². The van der Waals surface area contributed by atoms with Crippen LogP contribution >= 0.6 is 0 Å². The normalized spacial score (nSPS) is 21.1. The van der Waals surface area contributed by atoms with E-state index in [0.717, 1.165) is 6.54 Å². The second-order valence-corrected chi connectivity index (χ2v) is 9.07. The van der Waals surface area contributed by atoms with Gasteiger partial charge in [-0.15, -0.1) is 0 Å². The number of aliphatic hydroxyl groups is 1. The number of methoxy groups -OCH3 is 2. The van der Waals surface area contributed by atoms with Crippen LogP contribution in [0.2, 0.25) is 0 Å². The lowest BCUT2D eigenvalue weighted by Crippen LogP contribution is -2.31. The molecule has 4 rings (SSSR count). The van der Waals surface area contributed by atoms with E-state index in [1.165, 1.54) is 25.8 Å². The first-order valence-electron chi connectivity index (χ1n) is 11.5. The van der Waals surface area contributed by atoms with Crippen LogP contribution in [0.1, 0.15) is 35.4 Å². The lowest BCUT2D eigenvalue weighted by atomic mass is 9.88. The number of H-pyrrole nitrogens is 1. The van der Waals surface area contributed by atoms with Crippen LogP contribution in [0.5, 0.6) is 11.8 Å². The van der Waals surface area contributed by atoms with E-state index in [0.29, 0.717) is 24.3 Å². The summed E-state index contributed by atoms with van der Waals surface area (Å²) < 4.78 is 10.5. The number of hydrogen-bond acceptors (Lipinski definition) is 6. The van der Waals surface area contributed by atoms with Crippen molar-refractivity contribution >= 4 is 0 Å². The van der Waals surface area contributed by atoms with Crippen molar-refractivity contribution in [3.63, 3.8) is 0 Å². The molecule has 0 radical (unpaired) electrons. The van der Waals surface area contributed by atoms with Gasteiger partial charge in [0.15, 0.2) is 11.3 Å². The predicted octanol–water partition coefficient (Wildman–Crippen LogP) is 3.89. The minimum Gasteiger partial charge on any atom is -0.482 e. The smallest absolute Gasteiger partial charge is 0.203 e. The summed E-state index contributed by atoms with van der Waals surface area (Å²) in [5.74, 6) is 0.953. The summed E-state index contributed by atoms with van der Waals surface area (Å²) in [7, 11) is 7.02. The maximum atomic E-state index is 12.8. The predicted molar refractivity (Wildman–Crippen MR) is 136 cm³/mol. The van der Waals surface area contributed by atoms with Crippen LogP contribution < -0.4 is 14.9 Å². The van der Waals surface area contributed by atoms with Crippen LogP contribution in [0.25, 0.3) is 0 Å². The van der Waals surface area contributed by atoms with Gasteiger partial charge in [-0.05, 0) is 56.5 Å². The van der Waals surface area contributed by atoms with E-state index >= 15 is 0 Å². The third kappa shape index (κ3) is 6.30. The molecule has 0 spiro atoms. The quantitative estimate of drug-likeness (QED) is 0.561. The van der Waals surface area contributed by atoms with E-state index in [1.54, 1.807) is 12.1 Å². The number of nitrogens with one attached hydrogen (secondary N) is 1. The fraction of sp³-hybridized carbons (Fsp3) is 0.357. The first-order chi connectivity index (χ1) is 16.8. The molecule has 3 atom stereocenters. The van der Waals surface area contributed by atoms with E-state index in [4.69, 9.17) is 14.7 Å². The molecule has 7 nitrogen and oxygen atoms in total. The Morgan fingerprint density at radius 2 is 1.69 bits per heavy atom. The van der Waals surface area contributed by atoms with Gasteiger partial charge in [-0.2, -0.15) is 5.26 Å². The molecule has 1 aliphatic carbocycles. The summed E-state index contributed by atoms with van der Waals surface area (Å²) in [6, 6.07) is 22.7. The van der Waals surface area contributed by atoms with E-state index in [1.807, 2.05) is 56.6 Å². The summed E-state index contributed by atoms with van der Waals surface area (Å²) in [5.41, 5.74) is 0.652. The molecular weight excluding hydrogens is 442 g/mol. The average molecular weight is 476 g/mol. The van der Waals surface area contributed by atoms with Gasteiger partial charge in [-0.3, -0.25) is 9.78 Å². The van der Waals surface area contributed by atoms with Gasteiger partial charge in [0.05, 0.1) is 37.0 Å². The molecule has 1 heterocycles. The number of ether oxygens (including phenoxy) is 2. The monoisotopic (exact) mass is 475 g/mol. The third-order valence-corrected chi connectivity index (χ3v) is 6.32. The molecule has 1 aliphatic rings. The van der Waals surface area contributed by atoms with Gasteiger partial charge in [0.2, 0.25) is 5.88 Å². The first kappa shape index (κ1) is 26.0. The number of nitriles is 1. The highest BCUT2D eigenvalue weighted by Crippen LogP contribution is 2.51. The standard InChI is InChI=1S/C21H28N2O4.C7H5N/c1-23(2)13-15-11-21(25,12-16(15)14-8-6-5-7-9-14)19-17(24)10-18(26-3)22-20(19)27-4;8-6-7-4-2-1-3-5-7/h5-10,15-16,25H,11-13H2,1-4H3,(H,22,24);1-5H/t15-,16+,21-;/m0./s1. The van der Waals surface area contributed by atoms with Gasteiger partial charge in [0.25, 0.3) is 0 Å². The Morgan fingerprint density at radius 3 is 2.20 bits per heavy atom. The Morgan fingerprint density at radius 1 is 1.06 bits per heavy atom. The molecule has 0 amide bonds. The molecule has 184 valence electrons. The van der Waals surface area contributed by atoms with Crippen LogP contribution in [-0.2, 0) is 5.60 Å². The molecule has 1 fully saturated rings. The van der Waals surface area contributed by atoms with Gasteiger partial charge in [0, 0.05) is 12.6 Å². The van der Waals surface area contributed by atoms with Gasteiger partial charge in [-0.25, -0.2) is 0 Å². The molecule has 2 aromatic carbocycles. The Labute approximate surface area is 206 Å². The van der Waals surface area contributed by atoms with Crippen molar-refractivity contribution < 1.29 is 14.6 Å². The molecule has 0 aliphatic heterocycles. The van der Waals surface area contributed by atoms with Crippen LogP contribution in [0.3, 0.4) is 0 Å². The number of rotatable bonds is 6. The SMILES string of the molecule is COc1cc(=O)c([C@]2(O)C[C@@H](CN(C)C)[C@@H](c3ccccc3)C2)c(OC)[nH]1.N#Cc1ccccc1. The van der Waals surface area contributed by atoms with Crippen molar-refractivity contribution in [2.75, 3.05) is 34.9 Å². The zero-order chi connectivity index (χ0) is 25.4. The molecule has 1 aromatic heterocycles. The van der Waals surface area contributed by atoms with Crippen LogP contribution in [-0.4, -0.2) is 49.9 Å². The van der Waals surface area contributed by atoms with Gasteiger partial charge in [0.1, 0.15) is 0 Å². The second kappa shape index (κ2) is 11.7. The summed E-state index contributed by atoms with van der Waals surface area (Å²) in [4.78, 5) is 17.9. The highest BCUT2D eigenvalue weighted by Gasteiger charge is 2.48. The zero-order valence-corrected chi connectivity index (χ0v) is 20.7. The fourth-order valence-electron chi connectivity index (χ4n) is 4.87. The molecule has 3 aromatic rings. The highest BCUT2D eigenvalue weighted by atomic mass is 16.5. The van der Waals surface area contributed by atoms with E-state index in [2.05, 4.69) is 22.0 Å². The Kier molecular flexibility index (Phi) is 8.69. The van der Waals surface area contributed by atoms with Crippen molar-refractivity contribution in [1.29, 1.82) is 5.26 Å². The number of benzene rings is 2. The number of hydrogen-bond donors (Lipinski definition) is 2. The highest BCUT2D eigenvalue weighted by molar-refractivity contribution is 5.38. The van der Waals surface area contributed by atoms with Crippen LogP contribution in [0.4, 0.5) is 0 Å². The largest absolute Gasteiger partial charge is 0.482 e. The maximum Gasteiger partial charge on any atom is 0.203 e. The van der Waals surface area contributed by atoms with E-state index in [9.17, 15) is 9.90 Å². The molecule has 35 heavy (non-hydrogen) atoms. The molecule has 7 heteroatoms. The van der Waals surface area contributed by atoms with Gasteiger partial charge >= 0.3 is 0 Å². The number of aromatic amines is 1. The lowest BCUT2D eigenvalue weighted by Gasteiger charge is -2.25. The van der Waals surface area contributed by atoms with E-state index in [-0.39, 0.29) is 28.7 Å². The maximum absolute atomic E-state index is 12.8. The molecule has 2 N–H and O–H groups in total. The average Bonchev–Trinajstić information content (AvgIpc) is 3.20. The minimum atomic E-state index is -1.26. The Balaban J connectivity index is 0.000000363. The van der Waals surface area contributed by atoms with Crippen molar-refractivity contribution in [1.82, 2.24) is 9.88 Å². The molecule has 0 saturated heterocycles. The molecule has 0 bridgehead atoms. The van der Waals surface area contributed by atoms with E-state index < -0.39 is 5.60 Å². The van der Waals surface area contributed by atoms with Gasteiger partial charge in [-0.1, -0.05) is 48.5 Å². The Bertz CT molecular complexity index is 1190. The second-order valence-electron chi connectivity index (χ2n) is 9.07. The molecule has 0 unspecified atom stereocenters.